The minimum atomic E-state index is -3.58. The average molecular weight is 335 g/mol. The van der Waals surface area contributed by atoms with Crippen LogP contribution in [-0.2, 0) is 10.0 Å². The Morgan fingerprint density at radius 3 is 2.43 bits per heavy atom. The van der Waals surface area contributed by atoms with Crippen molar-refractivity contribution in [3.05, 3.63) is 29.3 Å². The van der Waals surface area contributed by atoms with Crippen LogP contribution in [0.2, 0.25) is 0 Å². The van der Waals surface area contributed by atoms with Crippen LogP contribution in [0.3, 0.4) is 0 Å². The number of sulfonamides is 1. The van der Waals surface area contributed by atoms with E-state index in [0.29, 0.717) is 13.0 Å². The molecule has 0 amide bonds. The van der Waals surface area contributed by atoms with Gasteiger partial charge in [0, 0.05) is 13.1 Å². The van der Waals surface area contributed by atoms with Crippen molar-refractivity contribution in [2.24, 2.45) is 0 Å². The third-order valence-electron chi connectivity index (χ3n) is 3.55. The number of hydrogen-bond donors (Lipinski definition) is 3. The quantitative estimate of drug-likeness (QED) is 0.771. The van der Waals surface area contributed by atoms with Crippen LogP contribution in [0.4, 0.5) is 0 Å². The van der Waals surface area contributed by atoms with Gasteiger partial charge in [-0.3, -0.25) is 0 Å². The SMILES string of the molecule is Cc1cc(C)cc(S(=O)(=O)NCC2(O)CCCNC2)c1.Cl. The van der Waals surface area contributed by atoms with E-state index in [9.17, 15) is 13.5 Å². The fourth-order valence-corrected chi connectivity index (χ4v) is 3.81. The van der Waals surface area contributed by atoms with E-state index in [1.807, 2.05) is 19.9 Å². The number of β-amino-alcohol motifs (C(OH)–C–C–N with tert-alkyl or cyclic N) is 1. The molecule has 7 heteroatoms. The predicted octanol–water partition coefficient (Wildman–Crippen LogP) is 1.12. The van der Waals surface area contributed by atoms with Crippen molar-refractivity contribution < 1.29 is 13.5 Å². The summed E-state index contributed by atoms with van der Waals surface area (Å²) in [6, 6.07) is 5.20. The third-order valence-corrected chi connectivity index (χ3v) is 4.93. The van der Waals surface area contributed by atoms with Crippen LogP contribution in [0.1, 0.15) is 24.0 Å². The smallest absolute Gasteiger partial charge is 0.240 e. The van der Waals surface area contributed by atoms with E-state index in [1.165, 1.54) is 0 Å². The molecule has 1 unspecified atom stereocenters. The number of piperidine rings is 1. The van der Waals surface area contributed by atoms with E-state index in [1.54, 1.807) is 12.1 Å². The Balaban J connectivity index is 0.00000220. The molecule has 21 heavy (non-hydrogen) atoms. The second-order valence-corrected chi connectivity index (χ2v) is 7.42. The lowest BCUT2D eigenvalue weighted by Gasteiger charge is -2.32. The van der Waals surface area contributed by atoms with E-state index in [2.05, 4.69) is 10.0 Å². The van der Waals surface area contributed by atoms with Gasteiger partial charge in [0.05, 0.1) is 10.5 Å². The molecule has 0 bridgehead atoms. The second kappa shape index (κ2) is 7.07. The molecular weight excluding hydrogens is 312 g/mol. The second-order valence-electron chi connectivity index (χ2n) is 5.65. The van der Waals surface area contributed by atoms with Crippen LogP contribution in [0.15, 0.2) is 23.1 Å². The Bertz CT molecular complexity index is 564. The zero-order valence-corrected chi connectivity index (χ0v) is 14.0. The first-order valence-corrected chi connectivity index (χ1v) is 8.30. The summed E-state index contributed by atoms with van der Waals surface area (Å²) in [5.41, 5.74) is 0.816. The average Bonchev–Trinajstić information content (AvgIpc) is 2.37. The number of hydrogen-bond acceptors (Lipinski definition) is 4. The molecule has 1 aromatic rings. The van der Waals surface area contributed by atoms with E-state index < -0.39 is 15.6 Å². The Kier molecular flexibility index (Phi) is 6.19. The van der Waals surface area contributed by atoms with E-state index in [4.69, 9.17) is 0 Å². The summed E-state index contributed by atoms with van der Waals surface area (Å²) in [5.74, 6) is 0. The van der Waals surface area contributed by atoms with Gasteiger partial charge in [0.15, 0.2) is 0 Å². The lowest BCUT2D eigenvalue weighted by Crippen LogP contribution is -2.52. The molecule has 0 saturated carbocycles. The summed E-state index contributed by atoms with van der Waals surface area (Å²) >= 11 is 0. The van der Waals surface area contributed by atoms with Crippen molar-refractivity contribution in [2.75, 3.05) is 19.6 Å². The molecule has 120 valence electrons. The first kappa shape index (κ1) is 18.4. The molecule has 1 heterocycles. The largest absolute Gasteiger partial charge is 0.387 e. The first-order chi connectivity index (χ1) is 9.31. The van der Waals surface area contributed by atoms with E-state index in [-0.39, 0.29) is 23.8 Å². The van der Waals surface area contributed by atoms with Gasteiger partial charge in [-0.1, -0.05) is 6.07 Å². The molecule has 1 atom stereocenters. The molecule has 1 aliphatic heterocycles. The molecule has 1 saturated heterocycles. The monoisotopic (exact) mass is 334 g/mol. The molecule has 1 aromatic carbocycles. The van der Waals surface area contributed by atoms with Crippen LogP contribution >= 0.6 is 12.4 Å². The lowest BCUT2D eigenvalue weighted by atomic mass is 9.95. The van der Waals surface area contributed by atoms with Gasteiger partial charge in [-0.25, -0.2) is 13.1 Å². The van der Waals surface area contributed by atoms with Crippen molar-refractivity contribution in [3.63, 3.8) is 0 Å². The number of aliphatic hydroxyl groups is 1. The number of halogens is 1. The zero-order valence-electron chi connectivity index (χ0n) is 12.3. The molecule has 3 N–H and O–H groups in total. The van der Waals surface area contributed by atoms with Gasteiger partial charge in [-0.2, -0.15) is 0 Å². The van der Waals surface area contributed by atoms with Crippen LogP contribution in [-0.4, -0.2) is 38.8 Å². The number of benzene rings is 1. The highest BCUT2D eigenvalue weighted by atomic mass is 35.5. The molecule has 1 aliphatic rings. The highest BCUT2D eigenvalue weighted by Gasteiger charge is 2.30. The third kappa shape index (κ3) is 4.93. The molecule has 0 aromatic heterocycles. The summed E-state index contributed by atoms with van der Waals surface area (Å²) in [6.07, 6.45) is 1.46. The van der Waals surface area contributed by atoms with Crippen molar-refractivity contribution in [2.45, 2.75) is 37.2 Å². The summed E-state index contributed by atoms with van der Waals surface area (Å²) in [5, 5.41) is 13.4. The summed E-state index contributed by atoms with van der Waals surface area (Å²) in [4.78, 5) is 0.252. The molecule has 0 aliphatic carbocycles. The van der Waals surface area contributed by atoms with Crippen molar-refractivity contribution in [3.8, 4) is 0 Å². The number of aryl methyl sites for hydroxylation is 2. The van der Waals surface area contributed by atoms with E-state index >= 15 is 0 Å². The maximum atomic E-state index is 12.3. The summed E-state index contributed by atoms with van der Waals surface area (Å²) in [6.45, 7) is 5.05. The fourth-order valence-electron chi connectivity index (χ4n) is 2.50. The molecule has 5 nitrogen and oxygen atoms in total. The van der Waals surface area contributed by atoms with Gasteiger partial charge in [0.25, 0.3) is 0 Å². The van der Waals surface area contributed by atoms with Gasteiger partial charge >= 0.3 is 0 Å². The van der Waals surface area contributed by atoms with Crippen molar-refractivity contribution >= 4 is 22.4 Å². The van der Waals surface area contributed by atoms with Crippen LogP contribution in [0.5, 0.6) is 0 Å². The van der Waals surface area contributed by atoms with Crippen LogP contribution in [0, 0.1) is 13.8 Å². The number of rotatable bonds is 4. The maximum Gasteiger partial charge on any atom is 0.240 e. The Labute approximate surface area is 132 Å². The zero-order chi connectivity index (χ0) is 14.8. The Morgan fingerprint density at radius 2 is 1.90 bits per heavy atom. The highest BCUT2D eigenvalue weighted by Crippen LogP contribution is 2.18. The van der Waals surface area contributed by atoms with E-state index in [0.717, 1.165) is 24.1 Å². The van der Waals surface area contributed by atoms with Gasteiger partial charge in [0.1, 0.15) is 0 Å². The molecular formula is C14H23ClN2O3S. The van der Waals surface area contributed by atoms with Gasteiger partial charge in [-0.05, 0) is 56.5 Å². The minimum Gasteiger partial charge on any atom is -0.387 e. The first-order valence-electron chi connectivity index (χ1n) is 6.82. The standard InChI is InChI=1S/C14H22N2O3S.ClH/c1-11-6-12(2)8-13(7-11)20(18,19)16-10-14(17)4-3-5-15-9-14;/h6-8,15-17H,3-5,9-10H2,1-2H3;1H. The van der Waals surface area contributed by atoms with Crippen molar-refractivity contribution in [1.82, 2.24) is 10.0 Å². The molecule has 0 radical (unpaired) electrons. The van der Waals surface area contributed by atoms with Gasteiger partial charge in [0.2, 0.25) is 10.0 Å². The van der Waals surface area contributed by atoms with Crippen molar-refractivity contribution in [1.29, 1.82) is 0 Å². The highest BCUT2D eigenvalue weighted by molar-refractivity contribution is 7.89. The predicted molar refractivity (Wildman–Crippen MR) is 85.4 cm³/mol. The normalized spacial score (nSPS) is 22.6. The van der Waals surface area contributed by atoms with Gasteiger partial charge in [-0.15, -0.1) is 12.4 Å². The summed E-state index contributed by atoms with van der Waals surface area (Å²) < 4.78 is 27.1. The molecule has 0 spiro atoms. The Hall–Kier alpha value is -0.660. The minimum absolute atomic E-state index is 0. The summed E-state index contributed by atoms with van der Waals surface area (Å²) in [7, 11) is -3.58. The number of nitrogens with one attached hydrogen (secondary N) is 2. The van der Waals surface area contributed by atoms with Gasteiger partial charge < -0.3 is 10.4 Å². The molecule has 2 rings (SSSR count). The molecule has 1 fully saturated rings. The lowest BCUT2D eigenvalue weighted by molar-refractivity contribution is 0.0218. The maximum absolute atomic E-state index is 12.3. The van der Waals surface area contributed by atoms with Crippen LogP contribution < -0.4 is 10.0 Å². The topological polar surface area (TPSA) is 78.4 Å². The fraction of sp³-hybridized carbons (Fsp3) is 0.571. The Morgan fingerprint density at radius 1 is 1.29 bits per heavy atom. The van der Waals surface area contributed by atoms with Crippen LogP contribution in [0.25, 0.3) is 0 Å².